The summed E-state index contributed by atoms with van der Waals surface area (Å²) < 4.78 is 0. The number of aryl methyl sites for hydroxylation is 1. The van der Waals surface area contributed by atoms with Gasteiger partial charge in [0.05, 0.1) is 0 Å². The molecular weight excluding hydrogens is 319 g/mol. The van der Waals surface area contributed by atoms with Gasteiger partial charge in [0.1, 0.15) is 0 Å². The second-order valence-corrected chi connectivity index (χ2v) is 5.99. The molecule has 0 aliphatic carbocycles. The topological polar surface area (TPSA) is 41.1 Å². The Morgan fingerprint density at radius 1 is 1.05 bits per heavy atom. The molecule has 2 aromatic carbocycles. The number of nitrogens with one attached hydrogen (secondary N) is 2. The van der Waals surface area contributed by atoms with Crippen LogP contribution in [0.2, 0.25) is 10.0 Å². The Morgan fingerprint density at radius 2 is 1.68 bits per heavy atom. The molecule has 1 amide bonds. The molecule has 0 aromatic heterocycles. The Labute approximate surface area is 140 Å². The van der Waals surface area contributed by atoms with Crippen LogP contribution in [0.1, 0.15) is 17.5 Å². The molecule has 0 heterocycles. The number of amides is 1. The van der Waals surface area contributed by atoms with Gasteiger partial charge in [-0.25, -0.2) is 0 Å². The van der Waals surface area contributed by atoms with Crippen LogP contribution in [0, 0.1) is 6.92 Å². The normalized spacial score (nSPS) is 10.5. The molecule has 0 saturated heterocycles. The molecule has 0 aliphatic heterocycles. The lowest BCUT2D eigenvalue weighted by molar-refractivity contribution is -0.116. The number of carbonyl (C=O) groups excluding carboxylic acids is 1. The van der Waals surface area contributed by atoms with Crippen molar-refractivity contribution in [2.24, 2.45) is 0 Å². The molecule has 0 atom stereocenters. The summed E-state index contributed by atoms with van der Waals surface area (Å²) in [5.41, 5.74) is 3.05. The molecule has 2 N–H and O–H groups in total. The van der Waals surface area contributed by atoms with Gasteiger partial charge in [0.15, 0.2) is 0 Å². The SMILES string of the molecule is Cc1ccc(CNCCC(=O)Nc2cc(Cl)cc(Cl)c2)cc1. The molecule has 0 saturated carbocycles. The Bertz CT molecular complexity index is 621. The van der Waals surface area contributed by atoms with E-state index in [2.05, 4.69) is 41.8 Å². The zero-order chi connectivity index (χ0) is 15.9. The molecule has 0 radical (unpaired) electrons. The average Bonchev–Trinajstić information content (AvgIpc) is 2.44. The Kier molecular flexibility index (Phi) is 6.25. The summed E-state index contributed by atoms with van der Waals surface area (Å²) in [6.45, 7) is 3.41. The van der Waals surface area contributed by atoms with Crippen molar-refractivity contribution in [3.8, 4) is 0 Å². The van der Waals surface area contributed by atoms with E-state index in [4.69, 9.17) is 23.2 Å². The van der Waals surface area contributed by atoms with Gasteiger partial charge in [-0.1, -0.05) is 53.0 Å². The lowest BCUT2D eigenvalue weighted by Gasteiger charge is -2.08. The van der Waals surface area contributed by atoms with Crippen LogP contribution in [-0.2, 0) is 11.3 Å². The predicted octanol–water partition coefficient (Wildman–Crippen LogP) is 4.42. The summed E-state index contributed by atoms with van der Waals surface area (Å²) in [6, 6.07) is 13.3. The van der Waals surface area contributed by atoms with Gasteiger partial charge >= 0.3 is 0 Å². The highest BCUT2D eigenvalue weighted by Gasteiger charge is 2.04. The summed E-state index contributed by atoms with van der Waals surface area (Å²) in [7, 11) is 0. The summed E-state index contributed by atoms with van der Waals surface area (Å²) in [5, 5.41) is 7.03. The highest BCUT2D eigenvalue weighted by molar-refractivity contribution is 6.35. The second kappa shape index (κ2) is 8.18. The smallest absolute Gasteiger partial charge is 0.225 e. The van der Waals surface area contributed by atoms with Gasteiger partial charge in [-0.15, -0.1) is 0 Å². The highest BCUT2D eigenvalue weighted by atomic mass is 35.5. The summed E-state index contributed by atoms with van der Waals surface area (Å²) in [4.78, 5) is 11.9. The maximum Gasteiger partial charge on any atom is 0.225 e. The fraction of sp³-hybridized carbons (Fsp3) is 0.235. The van der Waals surface area contributed by atoms with Gasteiger partial charge in [-0.3, -0.25) is 4.79 Å². The molecule has 5 heteroatoms. The fourth-order valence-corrected chi connectivity index (χ4v) is 2.52. The number of benzene rings is 2. The molecule has 22 heavy (non-hydrogen) atoms. The van der Waals surface area contributed by atoms with Crippen molar-refractivity contribution in [1.29, 1.82) is 0 Å². The lowest BCUT2D eigenvalue weighted by atomic mass is 10.1. The molecule has 0 fully saturated rings. The van der Waals surface area contributed by atoms with Crippen molar-refractivity contribution >= 4 is 34.8 Å². The van der Waals surface area contributed by atoms with Gasteiger partial charge in [0.25, 0.3) is 0 Å². The van der Waals surface area contributed by atoms with E-state index in [1.165, 1.54) is 11.1 Å². The van der Waals surface area contributed by atoms with Gasteiger partial charge in [-0.2, -0.15) is 0 Å². The third-order valence-corrected chi connectivity index (χ3v) is 3.56. The van der Waals surface area contributed by atoms with E-state index in [1.807, 2.05) is 0 Å². The lowest BCUT2D eigenvalue weighted by Crippen LogP contribution is -2.21. The second-order valence-electron chi connectivity index (χ2n) is 5.12. The minimum absolute atomic E-state index is 0.0743. The van der Waals surface area contributed by atoms with Crippen molar-refractivity contribution in [2.45, 2.75) is 19.9 Å². The first-order valence-corrected chi connectivity index (χ1v) is 7.81. The zero-order valence-electron chi connectivity index (χ0n) is 12.3. The van der Waals surface area contributed by atoms with Crippen molar-refractivity contribution < 1.29 is 4.79 Å². The van der Waals surface area contributed by atoms with Crippen LogP contribution in [-0.4, -0.2) is 12.5 Å². The molecule has 2 aromatic rings. The predicted molar refractivity (Wildman–Crippen MR) is 92.6 cm³/mol. The maximum absolute atomic E-state index is 11.9. The molecule has 0 bridgehead atoms. The standard InChI is InChI=1S/C17H18Cl2N2O/c1-12-2-4-13(5-3-12)11-20-7-6-17(22)21-16-9-14(18)8-15(19)10-16/h2-5,8-10,20H,6-7,11H2,1H3,(H,21,22). The largest absolute Gasteiger partial charge is 0.326 e. The number of hydrogen-bond donors (Lipinski definition) is 2. The molecule has 0 spiro atoms. The summed E-state index contributed by atoms with van der Waals surface area (Å²) >= 11 is 11.8. The maximum atomic E-state index is 11.9. The average molecular weight is 337 g/mol. The van der Waals surface area contributed by atoms with Crippen LogP contribution in [0.5, 0.6) is 0 Å². The van der Waals surface area contributed by atoms with E-state index in [1.54, 1.807) is 18.2 Å². The monoisotopic (exact) mass is 336 g/mol. The van der Waals surface area contributed by atoms with Crippen LogP contribution < -0.4 is 10.6 Å². The Hall–Kier alpha value is -1.55. The first kappa shape index (κ1) is 16.8. The van der Waals surface area contributed by atoms with E-state index in [9.17, 15) is 4.79 Å². The molecule has 0 aliphatic rings. The van der Waals surface area contributed by atoms with Crippen molar-refractivity contribution in [2.75, 3.05) is 11.9 Å². The van der Waals surface area contributed by atoms with Crippen molar-refractivity contribution in [1.82, 2.24) is 5.32 Å². The van der Waals surface area contributed by atoms with Gasteiger partial charge in [0, 0.05) is 35.2 Å². The van der Waals surface area contributed by atoms with E-state index in [0.29, 0.717) is 28.7 Å². The van der Waals surface area contributed by atoms with Crippen LogP contribution >= 0.6 is 23.2 Å². The first-order chi connectivity index (χ1) is 10.5. The fourth-order valence-electron chi connectivity index (χ4n) is 1.99. The minimum Gasteiger partial charge on any atom is -0.326 e. The number of rotatable bonds is 6. The molecule has 116 valence electrons. The van der Waals surface area contributed by atoms with Crippen molar-refractivity contribution in [3.63, 3.8) is 0 Å². The number of hydrogen-bond acceptors (Lipinski definition) is 2. The third-order valence-electron chi connectivity index (χ3n) is 3.12. The third kappa shape index (κ3) is 5.68. The molecule has 2 rings (SSSR count). The molecular formula is C17H18Cl2N2O. The molecule has 0 unspecified atom stereocenters. The Balaban J connectivity index is 1.72. The van der Waals surface area contributed by atoms with Gasteiger partial charge in [0.2, 0.25) is 5.91 Å². The van der Waals surface area contributed by atoms with Crippen LogP contribution in [0.4, 0.5) is 5.69 Å². The van der Waals surface area contributed by atoms with Crippen molar-refractivity contribution in [3.05, 3.63) is 63.6 Å². The highest BCUT2D eigenvalue weighted by Crippen LogP contribution is 2.22. The minimum atomic E-state index is -0.0743. The number of carbonyl (C=O) groups is 1. The van der Waals surface area contributed by atoms with E-state index >= 15 is 0 Å². The number of anilines is 1. The van der Waals surface area contributed by atoms with Crippen LogP contribution in [0.15, 0.2) is 42.5 Å². The van der Waals surface area contributed by atoms with Gasteiger partial charge < -0.3 is 10.6 Å². The van der Waals surface area contributed by atoms with E-state index in [-0.39, 0.29) is 5.91 Å². The first-order valence-electron chi connectivity index (χ1n) is 7.05. The number of halogens is 2. The van der Waals surface area contributed by atoms with E-state index < -0.39 is 0 Å². The molecule has 3 nitrogen and oxygen atoms in total. The van der Waals surface area contributed by atoms with Crippen LogP contribution in [0.25, 0.3) is 0 Å². The quantitative estimate of drug-likeness (QED) is 0.766. The Morgan fingerprint density at radius 3 is 2.32 bits per heavy atom. The van der Waals surface area contributed by atoms with Crippen LogP contribution in [0.3, 0.4) is 0 Å². The summed E-state index contributed by atoms with van der Waals surface area (Å²) in [6.07, 6.45) is 0.385. The summed E-state index contributed by atoms with van der Waals surface area (Å²) in [5.74, 6) is -0.0743. The zero-order valence-corrected chi connectivity index (χ0v) is 13.8. The van der Waals surface area contributed by atoms with E-state index in [0.717, 1.165) is 6.54 Å². The van der Waals surface area contributed by atoms with Gasteiger partial charge in [-0.05, 0) is 30.7 Å².